The summed E-state index contributed by atoms with van der Waals surface area (Å²) in [4.78, 5) is 0.885. The van der Waals surface area contributed by atoms with Crippen LogP contribution in [0.1, 0.15) is 12.5 Å². The molecule has 0 radical (unpaired) electrons. The van der Waals surface area contributed by atoms with Crippen LogP contribution in [0.15, 0.2) is 70.9 Å². The Morgan fingerprint density at radius 3 is 2.58 bits per heavy atom. The van der Waals surface area contributed by atoms with Crippen LogP contribution in [0.25, 0.3) is 21.0 Å². The van der Waals surface area contributed by atoms with Crippen LogP contribution in [0, 0.1) is 0 Å². The summed E-state index contributed by atoms with van der Waals surface area (Å²) in [6.07, 6.45) is 0. The highest BCUT2D eigenvalue weighted by molar-refractivity contribution is 7.16. The van der Waals surface area contributed by atoms with E-state index >= 15 is 0 Å². The summed E-state index contributed by atoms with van der Waals surface area (Å²) in [6, 6.07) is 20.6. The molecule has 1 heterocycles. The molecule has 0 spiro atoms. The van der Waals surface area contributed by atoms with E-state index in [0.29, 0.717) is 0 Å². The number of fused-ring (bicyclic) bond motifs is 2. The van der Waals surface area contributed by atoms with Crippen molar-refractivity contribution in [2.24, 2.45) is 17.3 Å². The van der Waals surface area contributed by atoms with Gasteiger partial charge in [0.1, 0.15) is 5.75 Å². The molecule has 26 heavy (non-hydrogen) atoms. The van der Waals surface area contributed by atoms with E-state index in [4.69, 9.17) is 4.74 Å². The van der Waals surface area contributed by atoms with Gasteiger partial charge in [-0.05, 0) is 53.6 Å². The minimum Gasteiger partial charge on any atom is -0.497 e. The summed E-state index contributed by atoms with van der Waals surface area (Å²) >= 11 is 1.64. The predicted octanol–water partition coefficient (Wildman–Crippen LogP) is 4.73. The first-order valence-electron chi connectivity index (χ1n) is 8.37. The molecule has 0 atom stereocenters. The van der Waals surface area contributed by atoms with Gasteiger partial charge in [0.05, 0.1) is 23.0 Å². The minimum absolute atomic E-state index is 0.864. The third-order valence-corrected chi connectivity index (χ3v) is 5.57. The molecule has 1 aromatic heterocycles. The van der Waals surface area contributed by atoms with Crippen LogP contribution in [0.2, 0.25) is 0 Å². The zero-order valence-corrected chi connectivity index (χ0v) is 15.7. The molecule has 3 aromatic carbocycles. The molecular weight excluding hydrogens is 342 g/mol. The smallest absolute Gasteiger partial charge is 0.211 e. The van der Waals surface area contributed by atoms with Gasteiger partial charge >= 0.3 is 0 Å². The molecule has 0 aliphatic carbocycles. The van der Waals surface area contributed by atoms with Gasteiger partial charge in [-0.3, -0.25) is 0 Å². The lowest BCUT2D eigenvalue weighted by Gasteiger charge is -2.05. The quantitative estimate of drug-likeness (QED) is 0.384. The molecule has 0 aliphatic rings. The van der Waals surface area contributed by atoms with E-state index in [0.717, 1.165) is 32.6 Å². The second kappa shape index (κ2) is 6.77. The van der Waals surface area contributed by atoms with Gasteiger partial charge in [-0.25, -0.2) is 0 Å². The molecule has 130 valence electrons. The predicted molar refractivity (Wildman–Crippen MR) is 109 cm³/mol. The Morgan fingerprint density at radius 2 is 1.77 bits per heavy atom. The number of ether oxygens (including phenoxy) is 1. The fraction of sp³-hybridized carbons (Fsp3) is 0.143. The Labute approximate surface area is 155 Å². The number of benzene rings is 3. The van der Waals surface area contributed by atoms with E-state index in [-0.39, 0.29) is 0 Å². The molecule has 5 heteroatoms. The van der Waals surface area contributed by atoms with Crippen LogP contribution >= 0.6 is 11.3 Å². The first kappa shape index (κ1) is 16.5. The highest BCUT2D eigenvalue weighted by Crippen LogP contribution is 2.22. The number of nitrogens with zero attached hydrogens (tertiary/aromatic N) is 3. The molecule has 0 saturated heterocycles. The highest BCUT2D eigenvalue weighted by Gasteiger charge is 2.03. The number of para-hydroxylation sites is 1. The van der Waals surface area contributed by atoms with Crippen LogP contribution in [0.5, 0.6) is 5.75 Å². The normalized spacial score (nSPS) is 12.9. The summed E-state index contributed by atoms with van der Waals surface area (Å²) in [6.45, 7) is 1.99. The van der Waals surface area contributed by atoms with E-state index < -0.39 is 0 Å². The summed E-state index contributed by atoms with van der Waals surface area (Å²) in [7, 11) is 3.70. The van der Waals surface area contributed by atoms with Gasteiger partial charge < -0.3 is 9.30 Å². The zero-order valence-electron chi connectivity index (χ0n) is 14.9. The number of hydrogen-bond acceptors (Lipinski definition) is 4. The molecular formula is C21H19N3OS. The van der Waals surface area contributed by atoms with Crippen molar-refractivity contribution < 1.29 is 4.74 Å². The van der Waals surface area contributed by atoms with Crippen molar-refractivity contribution in [3.63, 3.8) is 0 Å². The summed E-state index contributed by atoms with van der Waals surface area (Å²) in [5.74, 6) is 0.864. The van der Waals surface area contributed by atoms with Crippen LogP contribution < -0.4 is 9.54 Å². The molecule has 0 bridgehead atoms. The van der Waals surface area contributed by atoms with Crippen LogP contribution in [0.3, 0.4) is 0 Å². The van der Waals surface area contributed by atoms with Gasteiger partial charge in [-0.1, -0.05) is 41.7 Å². The number of aryl methyl sites for hydroxylation is 1. The highest BCUT2D eigenvalue weighted by atomic mass is 32.1. The Hall–Kier alpha value is -2.92. The van der Waals surface area contributed by atoms with Gasteiger partial charge in [0.15, 0.2) is 0 Å². The van der Waals surface area contributed by atoms with E-state index in [2.05, 4.69) is 51.2 Å². The second-order valence-corrected chi connectivity index (χ2v) is 7.13. The molecule has 0 unspecified atom stereocenters. The van der Waals surface area contributed by atoms with Gasteiger partial charge in [0.25, 0.3) is 0 Å². The van der Waals surface area contributed by atoms with Gasteiger partial charge in [0.2, 0.25) is 4.80 Å². The molecule has 4 rings (SSSR count). The third-order valence-electron chi connectivity index (χ3n) is 4.47. The zero-order chi connectivity index (χ0) is 18.1. The maximum atomic E-state index is 5.28. The molecule has 4 aromatic rings. The monoisotopic (exact) mass is 361 g/mol. The lowest BCUT2D eigenvalue weighted by Crippen LogP contribution is -2.09. The van der Waals surface area contributed by atoms with Crippen LogP contribution in [0.4, 0.5) is 0 Å². The Bertz CT molecular complexity index is 1200. The van der Waals surface area contributed by atoms with Crippen molar-refractivity contribution in [3.8, 4) is 5.75 Å². The number of aromatic nitrogens is 1. The first-order valence-corrected chi connectivity index (χ1v) is 9.18. The van der Waals surface area contributed by atoms with E-state index in [1.54, 1.807) is 18.4 Å². The fourth-order valence-electron chi connectivity index (χ4n) is 2.93. The van der Waals surface area contributed by atoms with Gasteiger partial charge in [-0.15, -0.1) is 5.10 Å². The summed E-state index contributed by atoms with van der Waals surface area (Å²) in [5, 5.41) is 11.2. The SMILES string of the molecule is COc1ccc2cc(/C(C)=N/N=c3/sc4ccccc4n3C)ccc2c1. The molecule has 0 saturated carbocycles. The largest absolute Gasteiger partial charge is 0.497 e. The third kappa shape index (κ3) is 3.02. The van der Waals surface area contributed by atoms with Crippen molar-refractivity contribution in [2.75, 3.05) is 7.11 Å². The molecule has 0 aliphatic heterocycles. The summed E-state index contributed by atoms with van der Waals surface area (Å²) < 4.78 is 8.57. The topological polar surface area (TPSA) is 38.9 Å². The lowest BCUT2D eigenvalue weighted by atomic mass is 10.0. The fourth-order valence-corrected chi connectivity index (χ4v) is 3.90. The average molecular weight is 361 g/mol. The van der Waals surface area contributed by atoms with Gasteiger partial charge in [0, 0.05) is 7.05 Å². The number of methoxy groups -OCH3 is 1. The van der Waals surface area contributed by atoms with Crippen LogP contribution in [-0.4, -0.2) is 17.4 Å². The van der Waals surface area contributed by atoms with E-state index in [9.17, 15) is 0 Å². The Kier molecular flexibility index (Phi) is 4.31. The van der Waals surface area contributed by atoms with Crippen molar-refractivity contribution >= 4 is 38.0 Å². The van der Waals surface area contributed by atoms with E-state index in [1.165, 1.54) is 10.2 Å². The molecule has 0 fully saturated rings. The molecule has 0 N–H and O–H groups in total. The van der Waals surface area contributed by atoms with Crippen LogP contribution in [-0.2, 0) is 7.05 Å². The van der Waals surface area contributed by atoms with Crippen molar-refractivity contribution in [3.05, 3.63) is 71.0 Å². The molecule has 0 amide bonds. The second-order valence-electron chi connectivity index (χ2n) is 6.12. The first-order chi connectivity index (χ1) is 12.7. The standard InChI is InChI=1S/C21H19N3OS/c1-14(15-8-9-17-13-18(25-3)11-10-16(17)12-15)22-23-21-24(2)19-6-4-5-7-20(19)26-21/h4-13H,1-3H3/b22-14+,23-21+. The van der Waals surface area contributed by atoms with Gasteiger partial charge in [-0.2, -0.15) is 5.10 Å². The maximum absolute atomic E-state index is 5.28. The number of rotatable bonds is 3. The molecule has 4 nitrogen and oxygen atoms in total. The lowest BCUT2D eigenvalue weighted by molar-refractivity contribution is 0.415. The van der Waals surface area contributed by atoms with Crippen molar-refractivity contribution in [1.29, 1.82) is 0 Å². The number of hydrogen-bond donors (Lipinski definition) is 0. The maximum Gasteiger partial charge on any atom is 0.211 e. The Balaban J connectivity index is 1.73. The van der Waals surface area contributed by atoms with E-state index in [1.807, 2.05) is 38.2 Å². The number of thiazole rings is 1. The summed E-state index contributed by atoms with van der Waals surface area (Å²) in [5.41, 5.74) is 3.12. The minimum atomic E-state index is 0.864. The van der Waals surface area contributed by atoms with Crippen molar-refractivity contribution in [1.82, 2.24) is 4.57 Å². The Morgan fingerprint density at radius 1 is 1.00 bits per heavy atom. The van der Waals surface area contributed by atoms with Crippen molar-refractivity contribution in [2.45, 2.75) is 6.92 Å². The average Bonchev–Trinajstić information content (AvgIpc) is 3.01.